The van der Waals surface area contributed by atoms with Crippen molar-refractivity contribution in [3.05, 3.63) is 64.8 Å². The number of hydrogen-bond acceptors (Lipinski definition) is 9. The Kier molecular flexibility index (Phi) is 6.20. The van der Waals surface area contributed by atoms with Crippen LogP contribution in [0.1, 0.15) is 22.5 Å². The van der Waals surface area contributed by atoms with E-state index in [2.05, 4.69) is 30.6 Å². The summed E-state index contributed by atoms with van der Waals surface area (Å²) in [6.45, 7) is 0.969. The lowest BCUT2D eigenvalue weighted by molar-refractivity contribution is -0.143. The molecule has 16 heteroatoms. The molecule has 0 aromatic carbocycles. The number of hydrogen-bond donors (Lipinski definition) is 2. The minimum Gasteiger partial charge on any atom is -0.391 e. The van der Waals surface area contributed by atoms with Gasteiger partial charge in [0.05, 0.1) is 63.7 Å². The van der Waals surface area contributed by atoms with E-state index in [0.29, 0.717) is 40.1 Å². The van der Waals surface area contributed by atoms with Crippen LogP contribution in [0.5, 0.6) is 0 Å². The second-order valence-electron chi connectivity index (χ2n) is 8.64. The normalized spacial score (nSPS) is 15.8. The van der Waals surface area contributed by atoms with Gasteiger partial charge in [-0.15, -0.1) is 16.1 Å². The number of pyridine rings is 2. The summed E-state index contributed by atoms with van der Waals surface area (Å²) in [5.74, 6) is -0.284. The number of rotatable bonds is 5. The van der Waals surface area contributed by atoms with E-state index in [1.807, 2.05) is 4.90 Å². The number of thiophene rings is 1. The Hall–Kier alpha value is -4.08. The van der Waals surface area contributed by atoms with Crippen molar-refractivity contribution in [2.24, 2.45) is 0 Å². The molecular formula is C23H17ClF3N9O2S. The Balaban J connectivity index is 1.36. The molecular weight excluding hydrogens is 559 g/mol. The molecule has 0 bridgehead atoms. The molecule has 1 atom stereocenters. The Morgan fingerprint density at radius 2 is 1.90 bits per heavy atom. The highest BCUT2D eigenvalue weighted by atomic mass is 35.5. The van der Waals surface area contributed by atoms with E-state index in [1.54, 1.807) is 11.4 Å². The molecule has 11 nitrogen and oxygen atoms in total. The van der Waals surface area contributed by atoms with Crippen LogP contribution >= 0.6 is 22.9 Å². The molecule has 2 N–H and O–H groups in total. The van der Waals surface area contributed by atoms with Gasteiger partial charge < -0.3 is 15.3 Å². The number of halogens is 4. The van der Waals surface area contributed by atoms with Crippen molar-refractivity contribution in [2.45, 2.75) is 18.7 Å². The van der Waals surface area contributed by atoms with Crippen molar-refractivity contribution in [3.63, 3.8) is 0 Å². The van der Waals surface area contributed by atoms with Gasteiger partial charge in [0.2, 0.25) is 0 Å². The molecule has 6 rings (SSSR count). The molecule has 0 radical (unpaired) electrons. The van der Waals surface area contributed by atoms with Crippen LogP contribution in [-0.2, 0) is 6.18 Å². The summed E-state index contributed by atoms with van der Waals surface area (Å²) in [7, 11) is 0. The van der Waals surface area contributed by atoms with Crippen molar-refractivity contribution in [1.29, 1.82) is 0 Å². The molecule has 0 saturated carbocycles. The molecule has 5 aromatic rings. The number of carbonyl (C=O) groups is 1. The van der Waals surface area contributed by atoms with Crippen molar-refractivity contribution in [3.8, 4) is 11.5 Å². The summed E-state index contributed by atoms with van der Waals surface area (Å²) >= 11 is 7.54. The number of aliphatic hydroxyl groups excluding tert-OH is 1. The van der Waals surface area contributed by atoms with Crippen LogP contribution in [0.25, 0.3) is 21.6 Å². The highest BCUT2D eigenvalue weighted by Gasteiger charge is 2.41. The Labute approximate surface area is 226 Å². The maximum atomic E-state index is 14.4. The predicted molar refractivity (Wildman–Crippen MR) is 137 cm³/mol. The van der Waals surface area contributed by atoms with Gasteiger partial charge in [-0.3, -0.25) is 4.79 Å². The monoisotopic (exact) mass is 575 g/mol. The number of aromatic nitrogens is 7. The van der Waals surface area contributed by atoms with Crippen molar-refractivity contribution in [1.82, 2.24) is 34.7 Å². The molecule has 6 heterocycles. The van der Waals surface area contributed by atoms with E-state index in [-0.39, 0.29) is 22.2 Å². The Bertz CT molecular complexity index is 1690. The fourth-order valence-electron chi connectivity index (χ4n) is 4.40. The minimum atomic E-state index is -4.92. The summed E-state index contributed by atoms with van der Waals surface area (Å²) in [6.07, 6.45) is 1.40. The van der Waals surface area contributed by atoms with Gasteiger partial charge in [0.25, 0.3) is 5.91 Å². The lowest BCUT2D eigenvalue weighted by Crippen LogP contribution is -2.23. The van der Waals surface area contributed by atoms with Gasteiger partial charge in [-0.25, -0.2) is 14.6 Å². The van der Waals surface area contributed by atoms with Crippen LogP contribution < -0.4 is 10.2 Å². The first kappa shape index (κ1) is 25.2. The zero-order valence-corrected chi connectivity index (χ0v) is 21.2. The summed E-state index contributed by atoms with van der Waals surface area (Å²) in [4.78, 5) is 24.6. The zero-order valence-electron chi connectivity index (χ0n) is 19.7. The van der Waals surface area contributed by atoms with Crippen molar-refractivity contribution < 1.29 is 23.1 Å². The van der Waals surface area contributed by atoms with Gasteiger partial charge in [-0.05, 0) is 23.9 Å². The summed E-state index contributed by atoms with van der Waals surface area (Å²) < 4.78 is 44.4. The molecule has 1 fully saturated rings. The van der Waals surface area contributed by atoms with Gasteiger partial charge in [0.1, 0.15) is 5.82 Å². The van der Waals surface area contributed by atoms with E-state index in [0.717, 1.165) is 11.0 Å². The quantitative estimate of drug-likeness (QED) is 0.322. The van der Waals surface area contributed by atoms with E-state index in [4.69, 9.17) is 11.6 Å². The minimum absolute atomic E-state index is 0.0702. The molecule has 200 valence electrons. The molecule has 39 heavy (non-hydrogen) atoms. The maximum Gasteiger partial charge on any atom is 0.434 e. The Morgan fingerprint density at radius 1 is 1.13 bits per heavy atom. The second kappa shape index (κ2) is 9.59. The number of anilines is 2. The Morgan fingerprint density at radius 3 is 2.59 bits per heavy atom. The third-order valence-corrected chi connectivity index (χ3v) is 7.30. The highest BCUT2D eigenvalue weighted by Crippen LogP contribution is 2.39. The SMILES string of the molecule is O=C(Nc1cnc(-n2nccn2)c(Cl)c1)c1cnn(-c2cnc(N3CC[C@H](O)C3)c3sccc23)c1C(F)(F)F. The standard InChI is InChI=1S/C23H17ClF3N9O2S/c24-16-7-12(8-28-20(16)36-30-3-4-31-36)33-22(38)15-9-32-35(19(15)23(25,26)27)17-10-29-21(18-14(17)2-6-39-18)34-5-1-13(37)11-34/h2-4,6-10,13,37H,1,5,11H2,(H,33,38)/t13-/m0/s1. The molecule has 1 amide bonds. The van der Waals surface area contributed by atoms with Gasteiger partial charge in [-0.2, -0.15) is 28.5 Å². The second-order valence-corrected chi connectivity index (χ2v) is 9.96. The van der Waals surface area contributed by atoms with Crippen LogP contribution in [0.2, 0.25) is 5.02 Å². The number of nitrogens with one attached hydrogen (secondary N) is 1. The van der Waals surface area contributed by atoms with Crippen LogP contribution in [0.15, 0.2) is 48.5 Å². The number of β-amino-alcohol motifs (C(OH)–C–C–N with tert-alkyl or cyclic N) is 1. The largest absolute Gasteiger partial charge is 0.434 e. The third-order valence-electron chi connectivity index (χ3n) is 6.11. The highest BCUT2D eigenvalue weighted by molar-refractivity contribution is 7.17. The first-order chi connectivity index (χ1) is 18.7. The average Bonchev–Trinajstić information content (AvgIpc) is 3.70. The molecule has 0 unspecified atom stereocenters. The van der Waals surface area contributed by atoms with Crippen molar-refractivity contribution >= 4 is 50.4 Å². The van der Waals surface area contributed by atoms with Crippen LogP contribution in [0.4, 0.5) is 24.7 Å². The lowest BCUT2D eigenvalue weighted by Gasteiger charge is -2.19. The fourth-order valence-corrected chi connectivity index (χ4v) is 5.57. The van der Waals surface area contributed by atoms with E-state index in [1.165, 1.54) is 42.2 Å². The molecule has 5 aromatic heterocycles. The summed E-state index contributed by atoms with van der Waals surface area (Å²) in [5.41, 5.74) is -1.80. The topological polar surface area (TPSA) is 127 Å². The lowest BCUT2D eigenvalue weighted by atomic mass is 10.2. The van der Waals surface area contributed by atoms with Gasteiger partial charge in [-0.1, -0.05) is 11.6 Å². The van der Waals surface area contributed by atoms with E-state index < -0.39 is 29.4 Å². The molecule has 1 aliphatic heterocycles. The molecule has 1 aliphatic rings. The number of aliphatic hydroxyl groups is 1. The first-order valence-electron chi connectivity index (χ1n) is 11.5. The maximum absolute atomic E-state index is 14.4. The van der Waals surface area contributed by atoms with Crippen LogP contribution in [-0.4, -0.2) is 64.9 Å². The van der Waals surface area contributed by atoms with Gasteiger partial charge in [0, 0.05) is 18.5 Å². The van der Waals surface area contributed by atoms with E-state index >= 15 is 0 Å². The smallest absolute Gasteiger partial charge is 0.391 e. The molecule has 0 spiro atoms. The average molecular weight is 576 g/mol. The zero-order chi connectivity index (χ0) is 27.3. The first-order valence-corrected chi connectivity index (χ1v) is 12.7. The number of amides is 1. The fraction of sp³-hybridized carbons (Fsp3) is 0.217. The number of fused-ring (bicyclic) bond motifs is 1. The number of carbonyl (C=O) groups excluding carboxylic acids is 1. The molecule has 1 saturated heterocycles. The number of nitrogens with zero attached hydrogens (tertiary/aromatic N) is 8. The van der Waals surface area contributed by atoms with Crippen LogP contribution in [0, 0.1) is 0 Å². The predicted octanol–water partition coefficient (Wildman–Crippen LogP) is 3.95. The van der Waals surface area contributed by atoms with Gasteiger partial charge in [0.15, 0.2) is 11.5 Å². The molecule has 0 aliphatic carbocycles. The summed E-state index contributed by atoms with van der Waals surface area (Å²) in [6, 6.07) is 3.01. The van der Waals surface area contributed by atoms with Crippen molar-refractivity contribution in [2.75, 3.05) is 23.3 Å². The third kappa shape index (κ3) is 4.57. The van der Waals surface area contributed by atoms with Gasteiger partial charge >= 0.3 is 6.18 Å². The summed E-state index contributed by atoms with van der Waals surface area (Å²) in [5, 5.41) is 26.4. The van der Waals surface area contributed by atoms with Crippen LogP contribution in [0.3, 0.4) is 0 Å². The number of alkyl halides is 3. The van der Waals surface area contributed by atoms with E-state index in [9.17, 15) is 23.1 Å².